The molecule has 1 unspecified atom stereocenters. The number of rotatable bonds is 3. The molecule has 0 saturated carbocycles. The molecule has 1 aromatic carbocycles. The summed E-state index contributed by atoms with van der Waals surface area (Å²) in [7, 11) is 0. The third-order valence-corrected chi connectivity index (χ3v) is 5.07. The predicted molar refractivity (Wildman–Crippen MR) is 84.8 cm³/mol. The van der Waals surface area contributed by atoms with Crippen molar-refractivity contribution in [3.8, 4) is 11.5 Å². The number of fused-ring (bicyclic) bond motifs is 1. The van der Waals surface area contributed by atoms with Gasteiger partial charge in [-0.1, -0.05) is 18.5 Å². The van der Waals surface area contributed by atoms with Gasteiger partial charge in [0.05, 0.1) is 18.2 Å². The van der Waals surface area contributed by atoms with Crippen molar-refractivity contribution in [3.05, 3.63) is 44.6 Å². The van der Waals surface area contributed by atoms with Crippen molar-refractivity contribution >= 4 is 22.9 Å². The molecule has 1 N–H and O–H groups in total. The quantitative estimate of drug-likeness (QED) is 0.919. The first-order valence-corrected chi connectivity index (χ1v) is 8.24. The molecule has 1 aliphatic rings. The number of aryl methyl sites for hydroxylation is 1. The molecule has 0 bridgehead atoms. The van der Waals surface area contributed by atoms with E-state index in [0.717, 1.165) is 17.7 Å². The van der Waals surface area contributed by atoms with E-state index in [-0.39, 0.29) is 0 Å². The molecule has 2 aromatic rings. The number of aliphatic hydroxyl groups is 1. The summed E-state index contributed by atoms with van der Waals surface area (Å²) in [6.07, 6.45) is 1.07. The van der Waals surface area contributed by atoms with Gasteiger partial charge in [-0.2, -0.15) is 0 Å². The number of hydrogen-bond acceptors (Lipinski definition) is 4. The molecular weight excluding hydrogens is 308 g/mol. The predicted octanol–water partition coefficient (Wildman–Crippen LogP) is 4.21. The second kappa shape index (κ2) is 6.26. The highest BCUT2D eigenvalue weighted by Crippen LogP contribution is 2.40. The van der Waals surface area contributed by atoms with Crippen LogP contribution in [0, 0.1) is 0 Å². The fraction of sp³-hybridized carbons (Fsp3) is 0.375. The fourth-order valence-corrected chi connectivity index (χ4v) is 3.51. The molecule has 112 valence electrons. The minimum absolute atomic E-state index is 0.498. The van der Waals surface area contributed by atoms with Gasteiger partial charge in [-0.25, -0.2) is 0 Å². The second-order valence-corrected chi connectivity index (χ2v) is 6.54. The van der Waals surface area contributed by atoms with Gasteiger partial charge < -0.3 is 14.6 Å². The monoisotopic (exact) mass is 324 g/mol. The highest BCUT2D eigenvalue weighted by molar-refractivity contribution is 7.12. The lowest BCUT2D eigenvalue weighted by Gasteiger charge is -2.15. The number of hydrogen-bond donors (Lipinski definition) is 1. The number of halogens is 1. The number of ether oxygens (including phenoxy) is 2. The maximum atomic E-state index is 10.6. The molecule has 3 rings (SSSR count). The van der Waals surface area contributed by atoms with E-state index in [2.05, 4.69) is 6.92 Å². The molecule has 0 aliphatic carbocycles. The molecule has 0 fully saturated rings. The maximum absolute atomic E-state index is 10.6. The summed E-state index contributed by atoms with van der Waals surface area (Å²) in [5, 5.41) is 11.1. The van der Waals surface area contributed by atoms with Gasteiger partial charge in [0.25, 0.3) is 0 Å². The second-order valence-electron chi connectivity index (χ2n) is 4.93. The largest absolute Gasteiger partial charge is 0.490 e. The molecule has 2 heterocycles. The van der Waals surface area contributed by atoms with Crippen LogP contribution >= 0.6 is 22.9 Å². The first-order valence-electron chi connectivity index (χ1n) is 7.04. The summed E-state index contributed by atoms with van der Waals surface area (Å²) in [6.45, 7) is 3.34. The van der Waals surface area contributed by atoms with Crippen LogP contribution in [-0.4, -0.2) is 18.3 Å². The van der Waals surface area contributed by atoms with Crippen LogP contribution in [0.5, 0.6) is 11.5 Å². The Morgan fingerprint density at radius 2 is 1.95 bits per heavy atom. The van der Waals surface area contributed by atoms with Crippen LogP contribution in [0.3, 0.4) is 0 Å². The van der Waals surface area contributed by atoms with Gasteiger partial charge in [-0.15, -0.1) is 11.3 Å². The maximum Gasteiger partial charge on any atom is 0.162 e. The van der Waals surface area contributed by atoms with Crippen LogP contribution in [0.4, 0.5) is 0 Å². The van der Waals surface area contributed by atoms with Crippen LogP contribution in [0.15, 0.2) is 24.3 Å². The highest BCUT2D eigenvalue weighted by atomic mass is 35.5. The van der Waals surface area contributed by atoms with Crippen molar-refractivity contribution in [3.63, 3.8) is 0 Å². The first kappa shape index (κ1) is 14.7. The van der Waals surface area contributed by atoms with Crippen molar-refractivity contribution in [1.29, 1.82) is 0 Å². The first-order chi connectivity index (χ1) is 10.2. The topological polar surface area (TPSA) is 38.7 Å². The van der Waals surface area contributed by atoms with Crippen LogP contribution in [0.25, 0.3) is 0 Å². The molecule has 1 aliphatic heterocycles. The minimum atomic E-state index is -0.736. The minimum Gasteiger partial charge on any atom is -0.490 e. The van der Waals surface area contributed by atoms with E-state index in [9.17, 15) is 5.11 Å². The zero-order valence-corrected chi connectivity index (χ0v) is 13.3. The molecule has 3 nitrogen and oxygen atoms in total. The lowest BCUT2D eigenvalue weighted by molar-refractivity contribution is 0.223. The molecule has 0 radical (unpaired) electrons. The van der Waals surface area contributed by atoms with Crippen molar-refractivity contribution < 1.29 is 14.6 Å². The lowest BCUT2D eigenvalue weighted by atomic mass is 10.1. The summed E-state index contributed by atoms with van der Waals surface area (Å²) < 4.78 is 11.3. The van der Waals surface area contributed by atoms with E-state index in [1.807, 2.05) is 12.1 Å². The lowest BCUT2D eigenvalue weighted by Crippen LogP contribution is -2.00. The van der Waals surface area contributed by atoms with Crippen LogP contribution < -0.4 is 9.47 Å². The van der Waals surface area contributed by atoms with Gasteiger partial charge in [0.1, 0.15) is 6.10 Å². The molecular formula is C16H17ClO3S. The van der Waals surface area contributed by atoms with E-state index in [4.69, 9.17) is 21.1 Å². The normalized spacial score (nSPS) is 15.6. The zero-order valence-electron chi connectivity index (χ0n) is 11.8. The number of benzene rings is 1. The summed E-state index contributed by atoms with van der Waals surface area (Å²) in [5.41, 5.74) is 0.658. The Morgan fingerprint density at radius 1 is 1.24 bits per heavy atom. The van der Waals surface area contributed by atoms with Crippen LogP contribution in [0.2, 0.25) is 5.02 Å². The van der Waals surface area contributed by atoms with Crippen molar-refractivity contribution in [2.75, 3.05) is 13.2 Å². The summed E-state index contributed by atoms with van der Waals surface area (Å²) in [6, 6.07) is 7.52. The zero-order chi connectivity index (χ0) is 14.8. The van der Waals surface area contributed by atoms with Gasteiger partial charge in [0.2, 0.25) is 0 Å². The average Bonchev–Trinajstić information content (AvgIpc) is 2.86. The molecule has 21 heavy (non-hydrogen) atoms. The third kappa shape index (κ3) is 3.03. The van der Waals surface area contributed by atoms with E-state index >= 15 is 0 Å². The standard InChI is InChI=1S/C16H17ClO3S/c1-2-10-4-5-15(21-10)16(18)11-8-13-14(9-12(11)17)20-7-3-6-19-13/h4-5,8-9,16,18H,2-3,6-7H2,1H3. The van der Waals surface area contributed by atoms with Gasteiger partial charge in [-0.3, -0.25) is 0 Å². The molecule has 0 spiro atoms. The molecule has 5 heteroatoms. The number of thiophene rings is 1. The Labute approximate surface area is 133 Å². The van der Waals surface area contributed by atoms with Crippen molar-refractivity contribution in [2.24, 2.45) is 0 Å². The van der Waals surface area contributed by atoms with E-state index in [0.29, 0.717) is 35.3 Å². The Kier molecular flexibility index (Phi) is 4.38. The van der Waals surface area contributed by atoms with Gasteiger partial charge >= 0.3 is 0 Å². The smallest absolute Gasteiger partial charge is 0.162 e. The molecule has 1 aromatic heterocycles. The Balaban J connectivity index is 1.95. The molecule has 0 saturated heterocycles. The van der Waals surface area contributed by atoms with E-state index in [1.54, 1.807) is 23.5 Å². The van der Waals surface area contributed by atoms with Crippen LogP contribution in [0.1, 0.15) is 34.8 Å². The summed E-state index contributed by atoms with van der Waals surface area (Å²) in [5.74, 6) is 1.30. The fourth-order valence-electron chi connectivity index (χ4n) is 2.29. The highest BCUT2D eigenvalue weighted by Gasteiger charge is 2.20. The number of aliphatic hydroxyl groups excluding tert-OH is 1. The van der Waals surface area contributed by atoms with Gasteiger partial charge in [-0.05, 0) is 24.6 Å². The van der Waals surface area contributed by atoms with Crippen molar-refractivity contribution in [1.82, 2.24) is 0 Å². The van der Waals surface area contributed by atoms with Crippen molar-refractivity contribution in [2.45, 2.75) is 25.9 Å². The third-order valence-electron chi connectivity index (χ3n) is 3.46. The van der Waals surface area contributed by atoms with E-state index in [1.165, 1.54) is 4.88 Å². The Morgan fingerprint density at radius 3 is 2.62 bits per heavy atom. The average molecular weight is 325 g/mol. The summed E-state index contributed by atoms with van der Waals surface area (Å²) in [4.78, 5) is 2.14. The SMILES string of the molecule is CCc1ccc(C(O)c2cc3c(cc2Cl)OCCCO3)s1. The van der Waals surface area contributed by atoms with Gasteiger partial charge in [0.15, 0.2) is 11.5 Å². The van der Waals surface area contributed by atoms with Gasteiger partial charge in [0, 0.05) is 27.8 Å². The molecule has 0 amide bonds. The Hall–Kier alpha value is -1.23. The molecule has 1 atom stereocenters. The summed E-state index contributed by atoms with van der Waals surface area (Å²) >= 11 is 7.91. The van der Waals surface area contributed by atoms with E-state index < -0.39 is 6.10 Å². The Bertz CT molecular complexity index is 638. The van der Waals surface area contributed by atoms with Crippen LogP contribution in [-0.2, 0) is 6.42 Å².